The van der Waals surface area contributed by atoms with E-state index >= 15 is 0 Å². The highest BCUT2D eigenvalue weighted by Crippen LogP contribution is 2.30. The molecule has 0 spiro atoms. The molecule has 21 heavy (non-hydrogen) atoms. The molecule has 0 aliphatic carbocycles. The summed E-state index contributed by atoms with van der Waals surface area (Å²) in [5.41, 5.74) is 0.387. The Morgan fingerprint density at radius 1 is 1.38 bits per heavy atom. The van der Waals surface area contributed by atoms with Crippen molar-refractivity contribution in [3.63, 3.8) is 0 Å². The molecule has 0 saturated carbocycles. The van der Waals surface area contributed by atoms with Crippen LogP contribution in [0, 0.1) is 11.6 Å². The van der Waals surface area contributed by atoms with E-state index in [9.17, 15) is 13.6 Å². The zero-order valence-corrected chi connectivity index (χ0v) is 12.3. The minimum Gasteiger partial charge on any atom is -0.481 e. The first-order valence-corrected chi connectivity index (χ1v) is 7.27. The van der Waals surface area contributed by atoms with Crippen molar-refractivity contribution in [2.24, 2.45) is 0 Å². The van der Waals surface area contributed by atoms with Gasteiger partial charge in [0, 0.05) is 5.69 Å². The van der Waals surface area contributed by atoms with E-state index < -0.39 is 17.6 Å². The number of imidazole rings is 1. The summed E-state index contributed by atoms with van der Waals surface area (Å²) in [5, 5.41) is 9.01. The number of nitrogens with zero attached hydrogens (tertiary/aromatic N) is 2. The molecule has 0 aliphatic rings. The first kappa shape index (κ1) is 15.5. The van der Waals surface area contributed by atoms with Crippen LogP contribution < -0.4 is 0 Å². The van der Waals surface area contributed by atoms with Crippen LogP contribution in [0.15, 0.2) is 29.6 Å². The summed E-state index contributed by atoms with van der Waals surface area (Å²) in [5.74, 6) is -2.70. The van der Waals surface area contributed by atoms with Crippen LogP contribution in [-0.2, 0) is 4.79 Å². The second-order valence-electron chi connectivity index (χ2n) is 4.71. The van der Waals surface area contributed by atoms with Crippen molar-refractivity contribution in [1.29, 1.82) is 0 Å². The number of para-hydroxylation sites is 1. The monoisotopic (exact) mass is 312 g/mol. The SMILES string of the molecule is CC(C)c1cnc(SCC(=O)O)n1-c1c(F)cccc1F. The first-order chi connectivity index (χ1) is 9.91. The van der Waals surface area contributed by atoms with Gasteiger partial charge >= 0.3 is 5.97 Å². The number of aliphatic carboxylic acids is 1. The van der Waals surface area contributed by atoms with Gasteiger partial charge in [-0.2, -0.15) is 0 Å². The predicted molar refractivity (Wildman–Crippen MR) is 75.9 cm³/mol. The molecule has 1 aromatic carbocycles. The Balaban J connectivity index is 2.58. The molecule has 0 fully saturated rings. The van der Waals surface area contributed by atoms with Crippen LogP contribution in [-0.4, -0.2) is 26.4 Å². The summed E-state index contributed by atoms with van der Waals surface area (Å²) < 4.78 is 29.4. The largest absolute Gasteiger partial charge is 0.481 e. The molecule has 0 bridgehead atoms. The highest BCUT2D eigenvalue weighted by Gasteiger charge is 2.21. The molecule has 112 valence electrons. The molecule has 0 saturated heterocycles. The number of hydrogen-bond acceptors (Lipinski definition) is 3. The average Bonchev–Trinajstić information content (AvgIpc) is 2.80. The molecular weight excluding hydrogens is 298 g/mol. The Morgan fingerprint density at radius 3 is 2.52 bits per heavy atom. The number of carboxylic acid groups (broad SMARTS) is 1. The first-order valence-electron chi connectivity index (χ1n) is 6.28. The van der Waals surface area contributed by atoms with Gasteiger partial charge in [0.15, 0.2) is 5.16 Å². The van der Waals surface area contributed by atoms with E-state index in [1.165, 1.54) is 16.8 Å². The molecule has 4 nitrogen and oxygen atoms in total. The van der Waals surface area contributed by atoms with Gasteiger partial charge in [0.05, 0.1) is 11.9 Å². The minimum atomic E-state index is -1.02. The number of benzene rings is 1. The molecule has 0 amide bonds. The van der Waals surface area contributed by atoms with Crippen LogP contribution in [0.3, 0.4) is 0 Å². The lowest BCUT2D eigenvalue weighted by Gasteiger charge is -2.15. The van der Waals surface area contributed by atoms with Crippen LogP contribution >= 0.6 is 11.8 Å². The summed E-state index contributed by atoms with van der Waals surface area (Å²) in [6.07, 6.45) is 1.51. The zero-order chi connectivity index (χ0) is 15.6. The standard InChI is InChI=1S/C14H14F2N2O2S/c1-8(2)11-6-17-14(21-7-12(19)20)18(11)13-9(15)4-3-5-10(13)16/h3-6,8H,7H2,1-2H3,(H,19,20). The number of aromatic nitrogens is 2. The van der Waals surface area contributed by atoms with Crippen LogP contribution in [0.4, 0.5) is 8.78 Å². The van der Waals surface area contributed by atoms with Crippen molar-refractivity contribution >= 4 is 17.7 Å². The number of carboxylic acids is 1. The maximum atomic E-state index is 14.0. The molecule has 0 aliphatic heterocycles. The molecule has 2 rings (SSSR count). The van der Waals surface area contributed by atoms with Crippen LogP contribution in [0.1, 0.15) is 25.5 Å². The van der Waals surface area contributed by atoms with Crippen molar-refractivity contribution in [3.8, 4) is 5.69 Å². The lowest BCUT2D eigenvalue weighted by molar-refractivity contribution is -0.133. The average molecular weight is 312 g/mol. The van der Waals surface area contributed by atoms with Crippen molar-refractivity contribution in [2.75, 3.05) is 5.75 Å². The highest BCUT2D eigenvalue weighted by atomic mass is 32.2. The number of thioether (sulfide) groups is 1. The van der Waals surface area contributed by atoms with E-state index in [1.54, 1.807) is 0 Å². The topological polar surface area (TPSA) is 55.1 Å². The van der Waals surface area contributed by atoms with Gasteiger partial charge < -0.3 is 5.11 Å². The van der Waals surface area contributed by atoms with Gasteiger partial charge in [-0.05, 0) is 18.1 Å². The fourth-order valence-electron chi connectivity index (χ4n) is 1.91. The summed E-state index contributed by atoms with van der Waals surface area (Å²) in [7, 11) is 0. The van der Waals surface area contributed by atoms with Crippen molar-refractivity contribution in [1.82, 2.24) is 9.55 Å². The molecule has 1 heterocycles. The van der Waals surface area contributed by atoms with Gasteiger partial charge in [0.2, 0.25) is 0 Å². The molecule has 1 N–H and O–H groups in total. The minimum absolute atomic E-state index is 0.0179. The fraction of sp³-hybridized carbons (Fsp3) is 0.286. The Kier molecular flexibility index (Phi) is 4.62. The molecule has 0 unspecified atom stereocenters. The van der Waals surface area contributed by atoms with Gasteiger partial charge in [-0.15, -0.1) is 0 Å². The molecule has 7 heteroatoms. The Bertz CT molecular complexity index is 651. The van der Waals surface area contributed by atoms with E-state index in [-0.39, 0.29) is 22.5 Å². The third-order valence-electron chi connectivity index (χ3n) is 2.83. The lowest BCUT2D eigenvalue weighted by atomic mass is 10.1. The van der Waals surface area contributed by atoms with E-state index in [0.29, 0.717) is 5.69 Å². The summed E-state index contributed by atoms with van der Waals surface area (Å²) in [6.45, 7) is 3.75. The van der Waals surface area contributed by atoms with Crippen molar-refractivity contribution in [2.45, 2.75) is 24.9 Å². The Morgan fingerprint density at radius 2 is 2.00 bits per heavy atom. The maximum absolute atomic E-state index is 14.0. The normalized spacial score (nSPS) is 11.1. The van der Waals surface area contributed by atoms with Gasteiger partial charge in [-0.3, -0.25) is 9.36 Å². The quantitative estimate of drug-likeness (QED) is 0.859. The molecule has 1 aromatic heterocycles. The molecule has 0 atom stereocenters. The smallest absolute Gasteiger partial charge is 0.313 e. The third-order valence-corrected chi connectivity index (χ3v) is 3.77. The highest BCUT2D eigenvalue weighted by molar-refractivity contribution is 7.99. The van der Waals surface area contributed by atoms with Crippen LogP contribution in [0.2, 0.25) is 0 Å². The zero-order valence-electron chi connectivity index (χ0n) is 11.5. The number of rotatable bonds is 5. The Hall–Kier alpha value is -1.89. The van der Waals surface area contributed by atoms with Gasteiger partial charge in [0.25, 0.3) is 0 Å². The fourth-order valence-corrected chi connectivity index (χ4v) is 2.62. The summed E-state index contributed by atoms with van der Waals surface area (Å²) >= 11 is 0.925. The lowest BCUT2D eigenvalue weighted by Crippen LogP contribution is -2.09. The second-order valence-corrected chi connectivity index (χ2v) is 5.65. The van der Waals surface area contributed by atoms with Crippen molar-refractivity contribution < 1.29 is 18.7 Å². The molecule has 0 radical (unpaired) electrons. The van der Waals surface area contributed by atoms with Gasteiger partial charge in [-0.25, -0.2) is 13.8 Å². The maximum Gasteiger partial charge on any atom is 0.313 e. The van der Waals surface area contributed by atoms with Crippen LogP contribution in [0.25, 0.3) is 5.69 Å². The van der Waals surface area contributed by atoms with E-state index in [4.69, 9.17) is 5.11 Å². The van der Waals surface area contributed by atoms with E-state index in [2.05, 4.69) is 4.98 Å². The van der Waals surface area contributed by atoms with Gasteiger partial charge in [-0.1, -0.05) is 31.7 Å². The third kappa shape index (κ3) is 3.24. The van der Waals surface area contributed by atoms with Crippen LogP contribution in [0.5, 0.6) is 0 Å². The number of halogens is 2. The molecule has 2 aromatic rings. The summed E-state index contributed by atoms with van der Waals surface area (Å²) in [4.78, 5) is 14.8. The van der Waals surface area contributed by atoms with Crippen molar-refractivity contribution in [3.05, 3.63) is 41.7 Å². The summed E-state index contributed by atoms with van der Waals surface area (Å²) in [6, 6.07) is 3.60. The number of carbonyl (C=O) groups is 1. The Labute approximate surface area is 124 Å². The second kappa shape index (κ2) is 6.26. The molecular formula is C14H14F2N2O2S. The van der Waals surface area contributed by atoms with E-state index in [0.717, 1.165) is 23.9 Å². The van der Waals surface area contributed by atoms with E-state index in [1.807, 2.05) is 13.8 Å². The number of hydrogen-bond donors (Lipinski definition) is 1. The predicted octanol–water partition coefficient (Wildman–Crippen LogP) is 3.45. The van der Waals surface area contributed by atoms with Gasteiger partial charge in [0.1, 0.15) is 17.3 Å².